The Morgan fingerprint density at radius 3 is 2.08 bits per heavy atom. The molecule has 3 N–H and O–H groups in total. The van der Waals surface area contributed by atoms with Gasteiger partial charge in [0.25, 0.3) is 10.1 Å². The van der Waals surface area contributed by atoms with E-state index in [0.29, 0.717) is 0 Å². The first-order valence-electron chi connectivity index (χ1n) is 3.07. The zero-order valence-corrected chi connectivity index (χ0v) is 9.91. The average Bonchev–Trinajstić information content (AvgIpc) is 1.84. The van der Waals surface area contributed by atoms with Gasteiger partial charge in [0.05, 0.1) is 10.9 Å². The molecule has 0 unspecified atom stereocenters. The quantitative estimate of drug-likeness (QED) is 0.251. The van der Waals surface area contributed by atoms with E-state index in [9.17, 15) is 13.5 Å². The molecule has 0 aromatic carbocycles. The number of rotatable bonds is 4. The largest absolute Gasteiger partial charge is 1.00 e. The van der Waals surface area contributed by atoms with Gasteiger partial charge in [-0.1, -0.05) is 0 Å². The maximum atomic E-state index is 10.3. The van der Waals surface area contributed by atoms with E-state index in [4.69, 9.17) is 14.8 Å². The van der Waals surface area contributed by atoms with Gasteiger partial charge in [0, 0.05) is 6.61 Å². The van der Waals surface area contributed by atoms with Crippen molar-refractivity contribution in [1.29, 1.82) is 0 Å². The summed E-state index contributed by atoms with van der Waals surface area (Å²) in [5.74, 6) is -1.69. The predicted molar refractivity (Wildman–Crippen MR) is 37.5 cm³/mol. The molecule has 0 radical (unpaired) electrons. The molecule has 0 aromatic rings. The molecule has 6 nitrogen and oxygen atoms in total. The summed E-state index contributed by atoms with van der Waals surface area (Å²) < 4.78 is 29.0. The van der Waals surface area contributed by atoms with Crippen molar-refractivity contribution in [3.63, 3.8) is 0 Å². The van der Waals surface area contributed by atoms with Crippen molar-refractivity contribution >= 4 is 10.1 Å². The second-order valence-corrected chi connectivity index (χ2v) is 3.47. The topological polar surface area (TPSA) is 118 Å². The van der Waals surface area contributed by atoms with E-state index in [2.05, 4.69) is 0 Å². The van der Waals surface area contributed by atoms with Gasteiger partial charge in [-0.25, -0.2) is 0 Å². The minimum Gasteiger partial charge on any atom is -0.628 e. The standard InChI is InChI=1S/C5H10O6S.Na/c6-3-1-2-4(5(7)8)12(9,10)11;/h6-8H,1-3H2,(H,9,10,11);/q;+1/p-1. The second-order valence-electron chi connectivity index (χ2n) is 2.03. The van der Waals surface area contributed by atoms with Gasteiger partial charge in [0.2, 0.25) is 0 Å². The molecule has 0 atom stereocenters. The van der Waals surface area contributed by atoms with Gasteiger partial charge in [-0.15, -0.1) is 0 Å². The molecule has 0 heterocycles. The van der Waals surface area contributed by atoms with E-state index >= 15 is 0 Å². The Kier molecular flexibility index (Phi) is 8.00. The van der Waals surface area contributed by atoms with Crippen LogP contribution in [0, 0.1) is 0 Å². The average molecular weight is 220 g/mol. The van der Waals surface area contributed by atoms with Gasteiger partial charge < -0.3 is 15.3 Å². The third kappa shape index (κ3) is 6.30. The minimum absolute atomic E-state index is 0. The Hall–Kier alpha value is 0.210. The Balaban J connectivity index is 0. The van der Waals surface area contributed by atoms with Crippen LogP contribution in [0.3, 0.4) is 0 Å². The van der Waals surface area contributed by atoms with Gasteiger partial charge in [-0.3, -0.25) is 4.55 Å². The van der Waals surface area contributed by atoms with Crippen molar-refractivity contribution in [2.24, 2.45) is 0 Å². The molecule has 0 spiro atoms. The third-order valence-corrected chi connectivity index (χ3v) is 2.11. The van der Waals surface area contributed by atoms with Crippen LogP contribution in [0.1, 0.15) is 12.8 Å². The molecule has 0 bridgehead atoms. The van der Waals surface area contributed by atoms with Gasteiger partial charge in [0.15, 0.2) is 0 Å². The SMILES string of the molecule is O=S(=O)(O)C(CCCO)=C([O-])O.[Na+]. The van der Waals surface area contributed by atoms with Crippen molar-refractivity contribution in [2.45, 2.75) is 12.8 Å². The van der Waals surface area contributed by atoms with Crippen LogP contribution in [-0.2, 0) is 10.1 Å². The van der Waals surface area contributed by atoms with E-state index in [1.807, 2.05) is 0 Å². The van der Waals surface area contributed by atoms with Crippen LogP contribution in [0.25, 0.3) is 0 Å². The molecule has 0 aliphatic carbocycles. The molecule has 0 fully saturated rings. The Morgan fingerprint density at radius 1 is 1.38 bits per heavy atom. The summed E-state index contributed by atoms with van der Waals surface area (Å²) in [4.78, 5) is -0.989. The number of hydrogen-bond acceptors (Lipinski definition) is 5. The molecule has 8 heteroatoms. The summed E-state index contributed by atoms with van der Waals surface area (Å²) in [7, 11) is -4.63. The molecule has 72 valence electrons. The van der Waals surface area contributed by atoms with Crippen molar-refractivity contribution < 1.29 is 57.8 Å². The third-order valence-electron chi connectivity index (χ3n) is 1.11. The van der Waals surface area contributed by atoms with Crippen molar-refractivity contribution in [2.75, 3.05) is 6.61 Å². The van der Waals surface area contributed by atoms with Crippen LogP contribution in [0.4, 0.5) is 0 Å². The number of aliphatic hydroxyl groups excluding tert-OH is 2. The molecule has 0 saturated heterocycles. The first kappa shape index (κ1) is 15.7. The first-order chi connectivity index (χ1) is 5.39. The van der Waals surface area contributed by atoms with Crippen LogP contribution < -0.4 is 34.7 Å². The van der Waals surface area contributed by atoms with Crippen LogP contribution in [0.2, 0.25) is 0 Å². The molecule has 0 saturated carbocycles. The number of allylic oxidation sites excluding steroid dienone is 1. The molecule has 0 aliphatic heterocycles. The summed E-state index contributed by atoms with van der Waals surface area (Å²) in [5.41, 5.74) is 0. The van der Waals surface area contributed by atoms with Crippen LogP contribution in [0.5, 0.6) is 0 Å². The van der Waals surface area contributed by atoms with E-state index in [1.54, 1.807) is 0 Å². The van der Waals surface area contributed by atoms with Gasteiger partial charge >= 0.3 is 29.6 Å². The molecule has 0 aromatic heterocycles. The molecular weight excluding hydrogens is 211 g/mol. The zero-order valence-electron chi connectivity index (χ0n) is 7.10. The fourth-order valence-corrected chi connectivity index (χ4v) is 1.21. The Labute approximate surface area is 97.9 Å². The van der Waals surface area contributed by atoms with Crippen LogP contribution >= 0.6 is 0 Å². The summed E-state index contributed by atoms with van der Waals surface area (Å²) >= 11 is 0. The summed E-state index contributed by atoms with van der Waals surface area (Å²) in [6.45, 7) is -0.327. The molecule has 0 aliphatic rings. The Morgan fingerprint density at radius 2 is 1.85 bits per heavy atom. The summed E-state index contributed by atoms with van der Waals surface area (Å²) in [5, 5.41) is 26.8. The first-order valence-corrected chi connectivity index (χ1v) is 4.51. The maximum Gasteiger partial charge on any atom is 1.00 e. The molecular formula is C5H9NaO6S. The van der Waals surface area contributed by atoms with E-state index in [0.717, 1.165) is 0 Å². The van der Waals surface area contributed by atoms with E-state index < -0.39 is 21.0 Å². The van der Waals surface area contributed by atoms with Crippen LogP contribution in [-0.4, -0.2) is 29.8 Å². The fraction of sp³-hybridized carbons (Fsp3) is 0.600. The van der Waals surface area contributed by atoms with Crippen molar-refractivity contribution in [3.8, 4) is 0 Å². The zero-order chi connectivity index (χ0) is 9.78. The van der Waals surface area contributed by atoms with Crippen LogP contribution in [0.15, 0.2) is 10.9 Å². The van der Waals surface area contributed by atoms with Crippen molar-refractivity contribution in [3.05, 3.63) is 10.9 Å². The maximum absolute atomic E-state index is 10.3. The van der Waals surface area contributed by atoms with Gasteiger partial charge in [0.1, 0.15) is 0 Å². The smallest absolute Gasteiger partial charge is 0.628 e. The van der Waals surface area contributed by atoms with Gasteiger partial charge in [-0.2, -0.15) is 8.42 Å². The summed E-state index contributed by atoms with van der Waals surface area (Å²) in [6, 6.07) is 0. The normalized spacial score (nSPS) is 13.1. The number of aliphatic hydroxyl groups is 2. The molecule has 0 amide bonds. The predicted octanol–water partition coefficient (Wildman–Crippen LogP) is -4.26. The van der Waals surface area contributed by atoms with Crippen molar-refractivity contribution in [1.82, 2.24) is 0 Å². The number of hydrogen-bond donors (Lipinski definition) is 3. The second kappa shape index (κ2) is 6.63. The van der Waals surface area contributed by atoms with E-state index in [1.165, 1.54) is 0 Å². The minimum atomic E-state index is -4.63. The molecule has 0 rings (SSSR count). The Bertz CT molecular complexity index is 265. The molecule has 13 heavy (non-hydrogen) atoms. The monoisotopic (exact) mass is 220 g/mol. The van der Waals surface area contributed by atoms with Gasteiger partial charge in [-0.05, 0) is 12.8 Å². The van der Waals surface area contributed by atoms with E-state index in [-0.39, 0.29) is 49.0 Å². The fourth-order valence-electron chi connectivity index (χ4n) is 0.586. The summed E-state index contributed by atoms with van der Waals surface area (Å²) in [6.07, 6.45) is -0.383.